The molecule has 0 aliphatic carbocycles. The van der Waals surface area contributed by atoms with Gasteiger partial charge in [-0.3, -0.25) is 0 Å². The van der Waals surface area contributed by atoms with Crippen LogP contribution in [0.5, 0.6) is 0 Å². The van der Waals surface area contributed by atoms with E-state index in [0.29, 0.717) is 0 Å². The first-order chi connectivity index (χ1) is 5.37. The highest BCUT2D eigenvalue weighted by molar-refractivity contribution is 7.79. The van der Waals surface area contributed by atoms with Crippen molar-refractivity contribution in [2.24, 2.45) is 0 Å². The zero-order valence-corrected chi connectivity index (χ0v) is 6.82. The molecule has 0 aliphatic rings. The maximum absolute atomic E-state index is 9.06. The predicted molar refractivity (Wildman–Crippen MR) is 43.4 cm³/mol. The maximum Gasteiger partial charge on any atom is 0.113 e. The van der Waals surface area contributed by atoms with Crippen molar-refractivity contribution in [3.63, 3.8) is 0 Å². The van der Waals surface area contributed by atoms with Gasteiger partial charge in [-0.25, -0.2) is 0 Å². The van der Waals surface area contributed by atoms with Crippen molar-refractivity contribution < 1.29 is 21.8 Å². The number of thiocarbonyl (C=S) groups is 1. The fourth-order valence-corrected chi connectivity index (χ4v) is 0.681. The van der Waals surface area contributed by atoms with E-state index in [1.165, 1.54) is 6.92 Å². The molecule has 0 saturated carbocycles. The van der Waals surface area contributed by atoms with Gasteiger partial charge in [-0.2, -0.15) is 0 Å². The molecule has 0 aromatic heterocycles. The third-order valence-electron chi connectivity index (χ3n) is 1.29. The first kappa shape index (κ1) is 9.02. The smallest absolute Gasteiger partial charge is 0.113 e. The summed E-state index contributed by atoms with van der Waals surface area (Å²) in [5.41, 5.74) is 0. The average molecular weight is 181 g/mol. The first-order valence-electron chi connectivity index (χ1n) is 3.60. The van der Waals surface area contributed by atoms with E-state index < -0.39 is 29.8 Å². The van der Waals surface area contributed by atoms with Crippen LogP contribution in [0.15, 0.2) is 0 Å². The summed E-state index contributed by atoms with van der Waals surface area (Å²) in [6.45, 7) is 1.26. The van der Waals surface area contributed by atoms with Gasteiger partial charge >= 0.3 is 0 Å². The van der Waals surface area contributed by atoms with Gasteiger partial charge in [0.25, 0.3) is 0 Å². The summed E-state index contributed by atoms with van der Waals surface area (Å²) in [5, 5.41) is 35.3. The zero-order valence-electron chi connectivity index (χ0n) is 7.01. The Labute approximate surface area is 71.5 Å². The lowest BCUT2D eigenvalue weighted by molar-refractivity contribution is -0.0816. The molecule has 0 bridgehead atoms. The van der Waals surface area contributed by atoms with E-state index in [2.05, 4.69) is 12.2 Å². The van der Waals surface area contributed by atoms with Crippen LogP contribution in [0.4, 0.5) is 0 Å². The first-order valence-corrected chi connectivity index (χ1v) is 3.51. The van der Waals surface area contributed by atoms with Gasteiger partial charge in [-0.1, -0.05) is 12.2 Å². The van der Waals surface area contributed by atoms with Crippen LogP contribution in [-0.2, 0) is 0 Å². The summed E-state index contributed by atoms with van der Waals surface area (Å²) in [5.74, 6) is 0. The second-order valence-corrected chi connectivity index (χ2v) is 2.52. The number of rotatable bonds is 4. The average Bonchev–Trinajstić information content (AvgIpc) is 2.00. The fraction of sp³-hybridized carbons (Fsp3) is 0.833. The van der Waals surface area contributed by atoms with Crippen molar-refractivity contribution >= 4 is 17.6 Å². The van der Waals surface area contributed by atoms with Gasteiger partial charge < -0.3 is 20.4 Å². The molecular weight excluding hydrogens is 168 g/mol. The number of aliphatic hydroxyl groups is 4. The third-order valence-corrected chi connectivity index (χ3v) is 1.53. The van der Waals surface area contributed by atoms with Crippen LogP contribution in [0.3, 0.4) is 0 Å². The lowest BCUT2D eigenvalue weighted by Crippen LogP contribution is -2.43. The van der Waals surface area contributed by atoms with Crippen molar-refractivity contribution in [2.75, 3.05) is 0 Å². The Morgan fingerprint density at radius 3 is 2.00 bits per heavy atom. The number of aliphatic hydroxyl groups excluding tert-OH is 4. The summed E-state index contributed by atoms with van der Waals surface area (Å²) in [4.78, 5) is 0. The van der Waals surface area contributed by atoms with E-state index in [0.717, 1.165) is 0 Å². The molecule has 1 unspecified atom stereocenters. The molecule has 0 saturated heterocycles. The van der Waals surface area contributed by atoms with Crippen molar-refractivity contribution in [3.8, 4) is 0 Å². The second kappa shape index (κ2) is 4.74. The van der Waals surface area contributed by atoms with Gasteiger partial charge in [0, 0.05) is 5.34 Å². The molecule has 0 aliphatic heterocycles. The standard InChI is InChI=1S/C6H12O4S/c1-3(7)5(9)6(10)4(8)2-11/h2-10H,1H3/t3?,4-,5+,6-/m0/s1/i2D. The summed E-state index contributed by atoms with van der Waals surface area (Å²) in [6, 6.07) is 0. The summed E-state index contributed by atoms with van der Waals surface area (Å²) >= 11 is 4.26. The monoisotopic (exact) mass is 181 g/mol. The molecule has 0 heterocycles. The molecule has 0 spiro atoms. The minimum atomic E-state index is -1.62. The molecule has 0 radical (unpaired) electrons. The van der Waals surface area contributed by atoms with E-state index >= 15 is 0 Å². The van der Waals surface area contributed by atoms with Crippen molar-refractivity contribution in [2.45, 2.75) is 31.3 Å². The topological polar surface area (TPSA) is 80.9 Å². The minimum absolute atomic E-state index is 0.567. The molecule has 0 amide bonds. The Hall–Kier alpha value is -0.0700. The van der Waals surface area contributed by atoms with Gasteiger partial charge in [0.05, 0.1) is 7.47 Å². The van der Waals surface area contributed by atoms with Crippen LogP contribution in [0.2, 0.25) is 0 Å². The largest absolute Gasteiger partial charge is 0.391 e. The van der Waals surface area contributed by atoms with Crippen LogP contribution in [-0.4, -0.2) is 50.2 Å². The SMILES string of the molecule is [2H]C(=S)[C@H](O)[C@H](O)[C@H](O)C(C)O. The third kappa shape index (κ3) is 3.22. The van der Waals surface area contributed by atoms with Crippen molar-refractivity contribution in [3.05, 3.63) is 0 Å². The normalized spacial score (nSPS) is 23.2. The summed E-state index contributed by atoms with van der Waals surface area (Å²) in [7, 11) is 0. The molecule has 0 fully saturated rings. The molecule has 0 rings (SSSR count). The Bertz CT molecular complexity index is 164. The lowest BCUT2D eigenvalue weighted by atomic mass is 10.1. The molecular formula is C6H12O4S. The Kier molecular flexibility index (Phi) is 3.88. The molecule has 4 N–H and O–H groups in total. The van der Waals surface area contributed by atoms with Crippen molar-refractivity contribution in [1.82, 2.24) is 0 Å². The van der Waals surface area contributed by atoms with Gasteiger partial charge in [0.2, 0.25) is 0 Å². The Morgan fingerprint density at radius 1 is 1.27 bits per heavy atom. The summed E-state index contributed by atoms with van der Waals surface area (Å²) in [6.07, 6.45) is -5.90. The van der Waals surface area contributed by atoms with Crippen LogP contribution in [0, 0.1) is 0 Å². The molecule has 11 heavy (non-hydrogen) atoms. The lowest BCUT2D eigenvalue weighted by Gasteiger charge is -2.21. The fourth-order valence-electron chi connectivity index (χ4n) is 0.542. The number of hydrogen-bond acceptors (Lipinski definition) is 5. The highest BCUT2D eigenvalue weighted by Crippen LogP contribution is 2.02. The quantitative estimate of drug-likeness (QED) is 0.395. The van der Waals surface area contributed by atoms with Gasteiger partial charge in [-0.15, -0.1) is 0 Å². The van der Waals surface area contributed by atoms with E-state index in [4.69, 9.17) is 21.8 Å². The van der Waals surface area contributed by atoms with E-state index in [1.54, 1.807) is 0 Å². The van der Waals surface area contributed by atoms with Crippen LogP contribution < -0.4 is 0 Å². The molecule has 0 aromatic rings. The van der Waals surface area contributed by atoms with E-state index in [9.17, 15) is 0 Å². The highest BCUT2D eigenvalue weighted by Gasteiger charge is 2.26. The van der Waals surface area contributed by atoms with Crippen LogP contribution in [0.25, 0.3) is 0 Å². The van der Waals surface area contributed by atoms with Gasteiger partial charge in [-0.05, 0) is 6.92 Å². The molecule has 0 aromatic carbocycles. The Balaban J connectivity index is 4.18. The van der Waals surface area contributed by atoms with E-state index in [1.807, 2.05) is 0 Å². The van der Waals surface area contributed by atoms with Crippen LogP contribution >= 0.6 is 12.2 Å². The van der Waals surface area contributed by atoms with Crippen molar-refractivity contribution in [1.29, 1.82) is 0 Å². The van der Waals surface area contributed by atoms with Crippen LogP contribution in [0.1, 0.15) is 8.29 Å². The predicted octanol–water partition coefficient (Wildman–Crippen LogP) is -1.55. The minimum Gasteiger partial charge on any atom is -0.391 e. The van der Waals surface area contributed by atoms with E-state index in [-0.39, 0.29) is 0 Å². The second-order valence-electron chi connectivity index (χ2n) is 2.28. The van der Waals surface area contributed by atoms with Gasteiger partial charge in [0.1, 0.15) is 18.3 Å². The van der Waals surface area contributed by atoms with Gasteiger partial charge in [0.15, 0.2) is 0 Å². The summed E-state index contributed by atoms with van der Waals surface area (Å²) < 4.78 is 6.78. The Morgan fingerprint density at radius 2 is 1.73 bits per heavy atom. The molecule has 5 heteroatoms. The zero-order chi connectivity index (χ0) is 9.89. The number of hydrogen-bond donors (Lipinski definition) is 4. The highest BCUT2D eigenvalue weighted by atomic mass is 32.1. The molecule has 66 valence electrons. The molecule has 4 atom stereocenters. The maximum atomic E-state index is 9.06. The molecule has 4 nitrogen and oxygen atoms in total.